The van der Waals surface area contributed by atoms with Gasteiger partial charge in [0.25, 0.3) is 0 Å². The highest BCUT2D eigenvalue weighted by Gasteiger charge is 2.31. The summed E-state index contributed by atoms with van der Waals surface area (Å²) in [5, 5.41) is 9.35. The second-order valence-electron chi connectivity index (χ2n) is 9.97. The van der Waals surface area contributed by atoms with Crippen molar-refractivity contribution in [2.45, 2.75) is 32.2 Å². The zero-order valence-electron chi connectivity index (χ0n) is 22.2. The summed E-state index contributed by atoms with van der Waals surface area (Å²) < 4.78 is 16.8. The number of likely N-dealkylation sites (N-methyl/N-ethyl adjacent to an activating group) is 1. The molecule has 1 amide bonds. The van der Waals surface area contributed by atoms with Gasteiger partial charge in [-0.3, -0.25) is 4.79 Å². The van der Waals surface area contributed by atoms with Crippen molar-refractivity contribution >= 4 is 16.8 Å². The van der Waals surface area contributed by atoms with E-state index in [9.17, 15) is 4.79 Å². The van der Waals surface area contributed by atoms with Gasteiger partial charge in [-0.1, -0.05) is 13.8 Å². The molecule has 37 heavy (non-hydrogen) atoms. The Bertz CT molecular complexity index is 1440. The fraction of sp³-hybridized carbons (Fsp3) is 0.393. The van der Waals surface area contributed by atoms with Crippen LogP contribution in [0.3, 0.4) is 0 Å². The number of carbonyl (C=O) groups excluding carboxylic acids is 1. The number of fused-ring (bicyclic) bond motifs is 1. The van der Waals surface area contributed by atoms with Crippen molar-refractivity contribution in [3.63, 3.8) is 0 Å². The van der Waals surface area contributed by atoms with Crippen LogP contribution in [-0.2, 0) is 0 Å². The van der Waals surface area contributed by atoms with E-state index in [1.54, 1.807) is 19.1 Å². The molecule has 0 bridgehead atoms. The van der Waals surface area contributed by atoms with Gasteiger partial charge in [0.15, 0.2) is 11.5 Å². The number of hydrogen-bond acceptors (Lipinski definition) is 7. The molecule has 1 unspecified atom stereocenters. The molecule has 4 aromatic rings. The van der Waals surface area contributed by atoms with E-state index >= 15 is 0 Å². The summed E-state index contributed by atoms with van der Waals surface area (Å²) in [7, 11) is 7.32. The third kappa shape index (κ3) is 4.55. The van der Waals surface area contributed by atoms with Gasteiger partial charge in [0.2, 0.25) is 5.89 Å². The van der Waals surface area contributed by atoms with Crippen LogP contribution in [-0.4, -0.2) is 78.3 Å². The van der Waals surface area contributed by atoms with Crippen molar-refractivity contribution in [2.75, 3.05) is 41.4 Å². The first-order valence-corrected chi connectivity index (χ1v) is 12.5. The van der Waals surface area contributed by atoms with E-state index in [-0.39, 0.29) is 17.7 Å². The number of hydrogen-bond donors (Lipinski definition) is 1. The fourth-order valence-electron chi connectivity index (χ4n) is 5.07. The summed E-state index contributed by atoms with van der Waals surface area (Å²) in [5.41, 5.74) is 4.97. The van der Waals surface area contributed by atoms with Gasteiger partial charge in [-0.05, 0) is 68.4 Å². The minimum absolute atomic E-state index is 0.0265. The number of nitrogens with one attached hydrogen (secondary N) is 1. The van der Waals surface area contributed by atoms with Crippen molar-refractivity contribution in [1.82, 2.24) is 25.0 Å². The van der Waals surface area contributed by atoms with E-state index in [1.807, 2.05) is 50.5 Å². The lowest BCUT2D eigenvalue weighted by Crippen LogP contribution is -2.34. The van der Waals surface area contributed by atoms with E-state index in [2.05, 4.69) is 33.9 Å². The number of aromatic amines is 1. The minimum atomic E-state index is -0.218. The highest BCUT2D eigenvalue weighted by atomic mass is 16.5. The molecule has 2 aromatic heterocycles. The molecule has 9 nitrogen and oxygen atoms in total. The van der Waals surface area contributed by atoms with Gasteiger partial charge in [0, 0.05) is 41.2 Å². The first-order valence-electron chi connectivity index (χ1n) is 12.5. The second kappa shape index (κ2) is 9.89. The summed E-state index contributed by atoms with van der Waals surface area (Å²) in [6, 6.07) is 12.2. The number of H-pyrrole nitrogens is 1. The standard InChI is InChI=1S/C28H33N5O4/c1-16(2)24-20-13-18(26-30-31-27(37-26)28(34)33-12-11-19(15-33)32(3)4)7-9-21(20)29-25(24)17-8-10-22(35-5)23(14-17)36-6/h7-10,13-14,16,19,29H,11-12,15H2,1-6H3. The second-order valence-corrected chi connectivity index (χ2v) is 9.97. The van der Waals surface area contributed by atoms with Crippen LogP contribution in [0.2, 0.25) is 0 Å². The van der Waals surface area contributed by atoms with E-state index < -0.39 is 0 Å². The zero-order valence-corrected chi connectivity index (χ0v) is 22.2. The SMILES string of the molecule is COc1ccc(-c2[nH]c3ccc(-c4nnc(C(=O)N5CCC(N(C)C)C5)o4)cc3c2C(C)C)cc1OC. The predicted molar refractivity (Wildman–Crippen MR) is 142 cm³/mol. The first-order chi connectivity index (χ1) is 17.8. The molecule has 1 saturated heterocycles. The van der Waals surface area contributed by atoms with E-state index in [1.165, 1.54) is 5.56 Å². The van der Waals surface area contributed by atoms with Crippen LogP contribution in [0.1, 0.15) is 42.4 Å². The molecule has 0 aliphatic carbocycles. The van der Waals surface area contributed by atoms with Gasteiger partial charge in [0.05, 0.1) is 19.9 Å². The largest absolute Gasteiger partial charge is 0.493 e. The number of benzene rings is 2. The molecule has 0 saturated carbocycles. The van der Waals surface area contributed by atoms with Gasteiger partial charge in [0.1, 0.15) is 0 Å². The molecule has 0 radical (unpaired) electrons. The van der Waals surface area contributed by atoms with E-state index in [4.69, 9.17) is 13.9 Å². The third-order valence-electron chi connectivity index (χ3n) is 7.12. The number of rotatable bonds is 7. The number of aromatic nitrogens is 3. The molecule has 1 aliphatic heterocycles. The summed E-state index contributed by atoms with van der Waals surface area (Å²) in [5.74, 6) is 1.74. The van der Waals surface area contributed by atoms with Crippen LogP contribution in [0.5, 0.6) is 11.5 Å². The molecule has 3 heterocycles. The topological polar surface area (TPSA) is 96.7 Å². The Balaban J connectivity index is 1.49. The Morgan fingerprint density at radius 2 is 1.84 bits per heavy atom. The molecule has 1 fully saturated rings. The Labute approximate surface area is 216 Å². The van der Waals surface area contributed by atoms with Crippen molar-refractivity contribution < 1.29 is 18.7 Å². The van der Waals surface area contributed by atoms with Crippen molar-refractivity contribution in [3.05, 3.63) is 47.9 Å². The number of likely N-dealkylation sites (tertiary alicyclic amines) is 1. The smallest absolute Gasteiger partial charge is 0.311 e. The Hall–Kier alpha value is -3.85. The van der Waals surface area contributed by atoms with E-state index in [0.717, 1.165) is 34.1 Å². The van der Waals surface area contributed by atoms with Crippen LogP contribution in [0.4, 0.5) is 0 Å². The van der Waals surface area contributed by atoms with Gasteiger partial charge in [-0.25, -0.2) is 0 Å². The Kier molecular flexibility index (Phi) is 6.64. The quantitative estimate of drug-likeness (QED) is 0.387. The van der Waals surface area contributed by atoms with Crippen molar-refractivity contribution in [1.29, 1.82) is 0 Å². The highest BCUT2D eigenvalue weighted by molar-refractivity contribution is 5.94. The summed E-state index contributed by atoms with van der Waals surface area (Å²) in [4.78, 5) is 20.5. The average Bonchev–Trinajstić information content (AvgIpc) is 3.65. The fourth-order valence-corrected chi connectivity index (χ4v) is 5.07. The average molecular weight is 504 g/mol. The summed E-state index contributed by atoms with van der Waals surface area (Å²) >= 11 is 0. The first kappa shape index (κ1) is 24.8. The van der Waals surface area contributed by atoms with Gasteiger partial charge in [-0.15, -0.1) is 10.2 Å². The Morgan fingerprint density at radius 1 is 1.08 bits per heavy atom. The highest BCUT2D eigenvalue weighted by Crippen LogP contribution is 2.40. The zero-order chi connectivity index (χ0) is 26.3. The summed E-state index contributed by atoms with van der Waals surface area (Å²) in [6.07, 6.45) is 0.935. The Morgan fingerprint density at radius 3 is 2.51 bits per heavy atom. The lowest BCUT2D eigenvalue weighted by atomic mass is 9.95. The van der Waals surface area contributed by atoms with Crippen LogP contribution in [0.25, 0.3) is 33.6 Å². The van der Waals surface area contributed by atoms with Gasteiger partial charge >= 0.3 is 11.8 Å². The van der Waals surface area contributed by atoms with Crippen LogP contribution in [0, 0.1) is 0 Å². The monoisotopic (exact) mass is 503 g/mol. The molecule has 1 atom stereocenters. The van der Waals surface area contributed by atoms with Gasteiger partial charge < -0.3 is 28.7 Å². The van der Waals surface area contributed by atoms with Crippen molar-refractivity contribution in [2.24, 2.45) is 0 Å². The minimum Gasteiger partial charge on any atom is -0.493 e. The van der Waals surface area contributed by atoms with Crippen LogP contribution >= 0.6 is 0 Å². The lowest BCUT2D eigenvalue weighted by molar-refractivity contribution is 0.0744. The molecule has 1 aliphatic rings. The molecule has 0 spiro atoms. The molecular weight excluding hydrogens is 470 g/mol. The maximum Gasteiger partial charge on any atom is 0.311 e. The molecule has 1 N–H and O–H groups in total. The molecule has 194 valence electrons. The number of methoxy groups -OCH3 is 2. The number of nitrogens with zero attached hydrogens (tertiary/aromatic N) is 4. The third-order valence-corrected chi connectivity index (χ3v) is 7.12. The lowest BCUT2D eigenvalue weighted by Gasteiger charge is -2.19. The van der Waals surface area contributed by atoms with Crippen molar-refractivity contribution in [3.8, 4) is 34.2 Å². The van der Waals surface area contributed by atoms with Crippen LogP contribution < -0.4 is 9.47 Å². The maximum atomic E-state index is 13.0. The molecule has 2 aromatic carbocycles. The predicted octanol–water partition coefficient (Wildman–Crippen LogP) is 4.80. The number of amides is 1. The summed E-state index contributed by atoms with van der Waals surface area (Å²) in [6.45, 7) is 5.68. The number of carbonyl (C=O) groups is 1. The van der Waals surface area contributed by atoms with Crippen LogP contribution in [0.15, 0.2) is 40.8 Å². The van der Waals surface area contributed by atoms with E-state index in [0.29, 0.717) is 36.5 Å². The maximum absolute atomic E-state index is 13.0. The van der Waals surface area contributed by atoms with Gasteiger partial charge in [-0.2, -0.15) is 0 Å². The molecular formula is C28H33N5O4. The molecule has 9 heteroatoms. The number of ether oxygens (including phenoxy) is 2. The normalized spacial score (nSPS) is 15.8. The molecule has 5 rings (SSSR count).